The molecule has 1 saturated heterocycles. The highest BCUT2D eigenvalue weighted by molar-refractivity contribution is 6.29. The van der Waals surface area contributed by atoms with Crippen LogP contribution in [0.1, 0.15) is 13.3 Å². The van der Waals surface area contributed by atoms with E-state index in [2.05, 4.69) is 10.3 Å². The van der Waals surface area contributed by atoms with Gasteiger partial charge in [-0.1, -0.05) is 18.5 Å². The van der Waals surface area contributed by atoms with Gasteiger partial charge in [-0.3, -0.25) is 25.0 Å². The van der Waals surface area contributed by atoms with Gasteiger partial charge in [-0.2, -0.15) is 0 Å². The van der Waals surface area contributed by atoms with Crippen LogP contribution in [0.25, 0.3) is 0 Å². The highest BCUT2D eigenvalue weighted by Gasteiger charge is 2.36. The minimum absolute atomic E-state index is 0.0545. The normalized spacial score (nSPS) is 18.9. The summed E-state index contributed by atoms with van der Waals surface area (Å²) in [5.41, 5.74) is -0.296. The lowest BCUT2D eigenvalue weighted by Crippen LogP contribution is -2.58. The molecule has 0 radical (unpaired) electrons. The maximum absolute atomic E-state index is 11.8. The number of pyridine rings is 1. The van der Waals surface area contributed by atoms with E-state index in [9.17, 15) is 19.7 Å². The molecule has 0 aliphatic carbocycles. The molecule has 0 spiro atoms. The van der Waals surface area contributed by atoms with Crippen LogP contribution in [0, 0.1) is 10.1 Å². The number of halogens is 1. The van der Waals surface area contributed by atoms with Crippen LogP contribution in [0.2, 0.25) is 5.15 Å². The molecule has 0 bridgehead atoms. The third-order valence-electron chi connectivity index (χ3n) is 2.93. The number of carbonyl (C=O) groups is 2. The molecule has 8 nitrogen and oxygen atoms in total. The third-order valence-corrected chi connectivity index (χ3v) is 3.14. The zero-order valence-corrected chi connectivity index (χ0v) is 11.3. The summed E-state index contributed by atoms with van der Waals surface area (Å²) in [5, 5.41) is 13.3. The van der Waals surface area contributed by atoms with Gasteiger partial charge in [0.1, 0.15) is 11.2 Å². The molecule has 0 aromatic carbocycles. The molecule has 2 heterocycles. The Balaban J connectivity index is 2.52. The molecule has 1 aromatic heterocycles. The lowest BCUT2D eigenvalue weighted by atomic mass is 10.1. The van der Waals surface area contributed by atoms with Crippen molar-refractivity contribution in [2.24, 2.45) is 0 Å². The van der Waals surface area contributed by atoms with Gasteiger partial charge in [-0.05, 0) is 12.5 Å². The lowest BCUT2D eigenvalue weighted by Gasteiger charge is -2.33. The predicted octanol–water partition coefficient (Wildman–Crippen LogP) is 0.885. The summed E-state index contributed by atoms with van der Waals surface area (Å²) in [6, 6.07) is 1.79. The van der Waals surface area contributed by atoms with Crippen LogP contribution >= 0.6 is 11.6 Å². The van der Waals surface area contributed by atoms with E-state index in [0.29, 0.717) is 6.42 Å². The summed E-state index contributed by atoms with van der Waals surface area (Å²) in [6.07, 6.45) is 0.379. The van der Waals surface area contributed by atoms with Gasteiger partial charge in [0.15, 0.2) is 0 Å². The van der Waals surface area contributed by atoms with Crippen molar-refractivity contribution < 1.29 is 14.5 Å². The number of rotatable bonds is 3. The summed E-state index contributed by atoms with van der Waals surface area (Å²) in [5.74, 6) is -1.10. The van der Waals surface area contributed by atoms with E-state index in [1.807, 2.05) is 0 Å². The third kappa shape index (κ3) is 2.55. The Hall–Kier alpha value is -2.22. The van der Waals surface area contributed by atoms with E-state index in [1.54, 1.807) is 6.92 Å². The van der Waals surface area contributed by atoms with Gasteiger partial charge in [0.2, 0.25) is 17.6 Å². The largest absolute Gasteiger partial charge is 0.329 e. The number of imide groups is 1. The van der Waals surface area contributed by atoms with E-state index < -0.39 is 22.8 Å². The number of nitrogens with zero attached hydrogens (tertiary/aromatic N) is 3. The van der Waals surface area contributed by atoms with E-state index in [4.69, 9.17) is 11.6 Å². The van der Waals surface area contributed by atoms with E-state index in [0.717, 1.165) is 0 Å². The summed E-state index contributed by atoms with van der Waals surface area (Å²) < 4.78 is 0. The Morgan fingerprint density at radius 2 is 2.25 bits per heavy atom. The highest BCUT2D eigenvalue weighted by atomic mass is 35.5. The number of anilines is 1. The Kier molecular flexibility index (Phi) is 3.84. The lowest BCUT2D eigenvalue weighted by molar-refractivity contribution is -0.384. The Morgan fingerprint density at radius 1 is 1.55 bits per heavy atom. The molecule has 9 heteroatoms. The topological polar surface area (TPSA) is 105 Å². The number of nitro groups is 1. The van der Waals surface area contributed by atoms with Crippen molar-refractivity contribution in [2.45, 2.75) is 19.4 Å². The fourth-order valence-corrected chi connectivity index (χ4v) is 2.21. The van der Waals surface area contributed by atoms with Crippen LogP contribution in [0.5, 0.6) is 0 Å². The highest BCUT2D eigenvalue weighted by Crippen LogP contribution is 2.30. The average Bonchev–Trinajstić information content (AvgIpc) is 2.37. The minimum atomic E-state index is -0.697. The van der Waals surface area contributed by atoms with Gasteiger partial charge in [0, 0.05) is 6.07 Å². The van der Waals surface area contributed by atoms with Crippen LogP contribution in [0.15, 0.2) is 12.1 Å². The quantitative estimate of drug-likeness (QED) is 0.384. The maximum atomic E-state index is 11.8. The fourth-order valence-electron chi connectivity index (χ4n) is 2.07. The van der Waals surface area contributed by atoms with E-state index in [-0.39, 0.29) is 23.2 Å². The molecular weight excluding hydrogens is 288 g/mol. The molecule has 0 saturated carbocycles. The average molecular weight is 299 g/mol. The maximum Gasteiger partial charge on any atom is 0.311 e. The van der Waals surface area contributed by atoms with Crippen molar-refractivity contribution in [3.8, 4) is 0 Å². The zero-order chi connectivity index (χ0) is 14.9. The first-order valence-electron chi connectivity index (χ1n) is 5.85. The predicted molar refractivity (Wildman–Crippen MR) is 70.5 cm³/mol. The Morgan fingerprint density at radius 3 is 2.85 bits per heavy atom. The first-order valence-corrected chi connectivity index (χ1v) is 6.23. The molecule has 1 N–H and O–H groups in total. The van der Waals surface area contributed by atoms with Crippen LogP contribution in [0.3, 0.4) is 0 Å². The van der Waals surface area contributed by atoms with Gasteiger partial charge >= 0.3 is 5.69 Å². The molecule has 106 valence electrons. The first-order chi connectivity index (χ1) is 9.43. The van der Waals surface area contributed by atoms with E-state index >= 15 is 0 Å². The molecule has 2 amide bonds. The number of nitrogens with one attached hydrogen (secondary N) is 1. The van der Waals surface area contributed by atoms with Gasteiger partial charge in [-0.15, -0.1) is 0 Å². The molecule has 20 heavy (non-hydrogen) atoms. The molecule has 1 aromatic rings. The molecule has 1 aliphatic rings. The van der Waals surface area contributed by atoms with Crippen molar-refractivity contribution in [1.29, 1.82) is 0 Å². The second kappa shape index (κ2) is 5.41. The van der Waals surface area contributed by atoms with Crippen LogP contribution in [-0.4, -0.2) is 34.3 Å². The van der Waals surface area contributed by atoms with Crippen molar-refractivity contribution in [2.75, 3.05) is 11.4 Å². The minimum Gasteiger partial charge on any atom is -0.329 e. The van der Waals surface area contributed by atoms with Gasteiger partial charge in [-0.25, -0.2) is 4.98 Å². The van der Waals surface area contributed by atoms with Crippen LogP contribution in [-0.2, 0) is 9.59 Å². The summed E-state index contributed by atoms with van der Waals surface area (Å²) in [7, 11) is 0. The standard InChI is InChI=1S/C11H11ClN4O4/c1-2-6-11(18)14-9(17)5-15(6)10-7(16(19)20)3-4-8(12)13-10/h3-4,6H,2,5H2,1H3,(H,14,17,18). The molecule has 1 atom stereocenters. The second-order valence-corrected chi connectivity index (χ2v) is 4.59. The molecular formula is C11H11ClN4O4. The molecule has 1 fully saturated rings. The monoisotopic (exact) mass is 298 g/mol. The van der Waals surface area contributed by atoms with Crippen molar-refractivity contribution in [1.82, 2.24) is 10.3 Å². The Bertz CT molecular complexity index is 592. The summed E-state index contributed by atoms with van der Waals surface area (Å²) >= 11 is 5.76. The molecule has 1 aliphatic heterocycles. The summed E-state index contributed by atoms with van der Waals surface area (Å²) in [4.78, 5) is 38.9. The number of piperazine rings is 1. The SMILES string of the molecule is CCC1C(=O)NC(=O)CN1c1nc(Cl)ccc1[N+](=O)[O-]. The van der Waals surface area contributed by atoms with Gasteiger partial charge < -0.3 is 4.90 Å². The number of amides is 2. The fraction of sp³-hybridized carbons (Fsp3) is 0.364. The number of aromatic nitrogens is 1. The van der Waals surface area contributed by atoms with Crippen molar-refractivity contribution in [3.63, 3.8) is 0 Å². The van der Waals surface area contributed by atoms with Crippen LogP contribution < -0.4 is 10.2 Å². The molecule has 1 unspecified atom stereocenters. The number of hydrogen-bond acceptors (Lipinski definition) is 6. The van der Waals surface area contributed by atoms with Crippen molar-refractivity contribution >= 4 is 34.9 Å². The van der Waals surface area contributed by atoms with E-state index in [1.165, 1.54) is 17.0 Å². The second-order valence-electron chi connectivity index (χ2n) is 4.20. The Labute approximate surface area is 118 Å². The smallest absolute Gasteiger partial charge is 0.311 e. The van der Waals surface area contributed by atoms with Gasteiger partial charge in [0.25, 0.3) is 0 Å². The number of carbonyl (C=O) groups excluding carboxylic acids is 2. The van der Waals surface area contributed by atoms with Crippen molar-refractivity contribution in [3.05, 3.63) is 27.4 Å². The van der Waals surface area contributed by atoms with Crippen LogP contribution in [0.4, 0.5) is 11.5 Å². The first kappa shape index (κ1) is 14.2. The van der Waals surface area contributed by atoms with Gasteiger partial charge in [0.05, 0.1) is 11.5 Å². The number of hydrogen-bond donors (Lipinski definition) is 1. The summed E-state index contributed by atoms with van der Waals surface area (Å²) in [6.45, 7) is 1.56. The zero-order valence-electron chi connectivity index (χ0n) is 10.5. The molecule has 2 rings (SSSR count).